The highest BCUT2D eigenvalue weighted by molar-refractivity contribution is 5.53. The van der Waals surface area contributed by atoms with Crippen molar-refractivity contribution in [2.75, 3.05) is 7.05 Å². The molecule has 96 valence electrons. The topological polar surface area (TPSA) is 51.0 Å². The summed E-state index contributed by atoms with van der Waals surface area (Å²) in [6.45, 7) is 2.09. The van der Waals surface area contributed by atoms with Crippen molar-refractivity contribution in [1.82, 2.24) is 15.5 Å². The minimum atomic E-state index is -0.303. The molecule has 4 nitrogen and oxygen atoms in total. The molecule has 0 saturated heterocycles. The molecule has 0 aliphatic carbocycles. The molecule has 0 aliphatic rings. The number of benzene rings is 1. The highest BCUT2D eigenvalue weighted by Gasteiger charge is 2.10. The van der Waals surface area contributed by atoms with Gasteiger partial charge in [-0.2, -0.15) is 4.98 Å². The van der Waals surface area contributed by atoms with Crippen molar-refractivity contribution < 1.29 is 8.91 Å². The number of nitrogens with one attached hydrogen (secondary N) is 1. The van der Waals surface area contributed by atoms with Crippen LogP contribution in [0.5, 0.6) is 0 Å². The van der Waals surface area contributed by atoms with E-state index in [0.29, 0.717) is 29.7 Å². The molecule has 1 heterocycles. The number of hydrogen-bond acceptors (Lipinski definition) is 4. The molecule has 0 bridgehead atoms. The summed E-state index contributed by atoms with van der Waals surface area (Å²) in [4.78, 5) is 4.26. The molecule has 1 aromatic heterocycles. The van der Waals surface area contributed by atoms with E-state index >= 15 is 0 Å². The number of halogens is 1. The molecule has 1 aromatic carbocycles. The van der Waals surface area contributed by atoms with E-state index in [0.717, 1.165) is 6.42 Å². The van der Waals surface area contributed by atoms with E-state index in [-0.39, 0.29) is 5.82 Å². The van der Waals surface area contributed by atoms with Gasteiger partial charge in [-0.3, -0.25) is 0 Å². The molecule has 1 N–H and O–H groups in total. The Morgan fingerprint density at radius 1 is 1.44 bits per heavy atom. The van der Waals surface area contributed by atoms with Gasteiger partial charge in [-0.25, -0.2) is 4.39 Å². The predicted molar refractivity (Wildman–Crippen MR) is 66.5 cm³/mol. The zero-order chi connectivity index (χ0) is 13.0. The average Bonchev–Trinajstić information content (AvgIpc) is 2.84. The Labute approximate surface area is 105 Å². The van der Waals surface area contributed by atoms with Gasteiger partial charge in [0.25, 0.3) is 0 Å². The van der Waals surface area contributed by atoms with Crippen LogP contribution in [-0.4, -0.2) is 23.2 Å². The molecule has 1 unspecified atom stereocenters. The third-order valence-electron chi connectivity index (χ3n) is 2.83. The van der Waals surface area contributed by atoms with Crippen LogP contribution in [0.4, 0.5) is 4.39 Å². The van der Waals surface area contributed by atoms with Crippen LogP contribution in [0.2, 0.25) is 0 Å². The predicted octanol–water partition coefficient (Wildman–Crippen LogP) is 2.42. The summed E-state index contributed by atoms with van der Waals surface area (Å²) in [6, 6.07) is 6.57. The summed E-state index contributed by atoms with van der Waals surface area (Å²) < 4.78 is 18.2. The van der Waals surface area contributed by atoms with Gasteiger partial charge in [-0.15, -0.1) is 0 Å². The smallest absolute Gasteiger partial charge is 0.227 e. The maximum absolute atomic E-state index is 13.1. The highest BCUT2D eigenvalue weighted by atomic mass is 19.1. The Balaban J connectivity index is 2.06. The van der Waals surface area contributed by atoms with E-state index in [1.807, 2.05) is 7.05 Å². The van der Waals surface area contributed by atoms with Crippen molar-refractivity contribution in [2.45, 2.75) is 25.8 Å². The first kappa shape index (κ1) is 12.7. The van der Waals surface area contributed by atoms with Gasteiger partial charge in [0.05, 0.1) is 0 Å². The second-order valence-electron chi connectivity index (χ2n) is 4.25. The van der Waals surface area contributed by atoms with Gasteiger partial charge in [0.15, 0.2) is 0 Å². The number of hydrogen-bond donors (Lipinski definition) is 1. The monoisotopic (exact) mass is 249 g/mol. The van der Waals surface area contributed by atoms with Crippen LogP contribution >= 0.6 is 0 Å². The van der Waals surface area contributed by atoms with E-state index in [2.05, 4.69) is 22.4 Å². The van der Waals surface area contributed by atoms with Crippen molar-refractivity contribution >= 4 is 0 Å². The van der Waals surface area contributed by atoms with Gasteiger partial charge in [-0.1, -0.05) is 17.3 Å². The summed E-state index contributed by atoms with van der Waals surface area (Å²) in [6.07, 6.45) is 1.63. The Bertz CT molecular complexity index is 512. The van der Waals surface area contributed by atoms with Gasteiger partial charge in [0.2, 0.25) is 11.7 Å². The molecule has 0 saturated carbocycles. The van der Waals surface area contributed by atoms with Crippen LogP contribution in [0.1, 0.15) is 19.2 Å². The third kappa shape index (κ3) is 3.13. The summed E-state index contributed by atoms with van der Waals surface area (Å²) >= 11 is 0. The normalized spacial score (nSPS) is 12.6. The summed E-state index contributed by atoms with van der Waals surface area (Å²) in [7, 11) is 1.91. The molecule has 0 fully saturated rings. The van der Waals surface area contributed by atoms with Crippen LogP contribution in [0, 0.1) is 5.82 Å². The number of aromatic nitrogens is 2. The minimum Gasteiger partial charge on any atom is -0.339 e. The van der Waals surface area contributed by atoms with Crippen molar-refractivity contribution in [3.05, 3.63) is 36.0 Å². The fourth-order valence-corrected chi connectivity index (χ4v) is 1.59. The average molecular weight is 249 g/mol. The lowest BCUT2D eigenvalue weighted by Gasteiger charge is -2.06. The largest absolute Gasteiger partial charge is 0.339 e. The third-order valence-corrected chi connectivity index (χ3v) is 2.83. The van der Waals surface area contributed by atoms with Crippen LogP contribution < -0.4 is 5.32 Å². The Morgan fingerprint density at radius 2 is 2.28 bits per heavy atom. The molecule has 0 spiro atoms. The first-order valence-electron chi connectivity index (χ1n) is 5.95. The van der Waals surface area contributed by atoms with Gasteiger partial charge in [0, 0.05) is 18.0 Å². The van der Waals surface area contributed by atoms with Crippen molar-refractivity contribution in [2.24, 2.45) is 0 Å². The lowest BCUT2D eigenvalue weighted by atomic mass is 10.2. The van der Waals surface area contributed by atoms with Gasteiger partial charge < -0.3 is 9.84 Å². The second-order valence-corrected chi connectivity index (χ2v) is 4.25. The first-order chi connectivity index (χ1) is 8.69. The van der Waals surface area contributed by atoms with Crippen LogP contribution in [0.15, 0.2) is 28.8 Å². The standard InChI is InChI=1S/C13H16FN3O/c1-9(15-2)6-7-12-16-13(17-18-12)10-4-3-5-11(14)8-10/h3-5,8-9,15H,6-7H2,1-2H3. The van der Waals surface area contributed by atoms with E-state index in [9.17, 15) is 4.39 Å². The van der Waals surface area contributed by atoms with Crippen LogP contribution in [0.3, 0.4) is 0 Å². The van der Waals surface area contributed by atoms with Crippen LogP contribution in [-0.2, 0) is 6.42 Å². The van der Waals surface area contributed by atoms with Crippen molar-refractivity contribution in [1.29, 1.82) is 0 Å². The molecule has 0 amide bonds. The molecular weight excluding hydrogens is 233 g/mol. The zero-order valence-corrected chi connectivity index (χ0v) is 10.5. The van der Waals surface area contributed by atoms with Crippen LogP contribution in [0.25, 0.3) is 11.4 Å². The maximum atomic E-state index is 13.1. The second kappa shape index (κ2) is 5.73. The highest BCUT2D eigenvalue weighted by Crippen LogP contribution is 2.17. The fraction of sp³-hybridized carbons (Fsp3) is 0.385. The van der Waals surface area contributed by atoms with E-state index in [1.165, 1.54) is 12.1 Å². The lowest BCUT2D eigenvalue weighted by Crippen LogP contribution is -2.21. The summed E-state index contributed by atoms with van der Waals surface area (Å²) in [5.41, 5.74) is 0.631. The van der Waals surface area contributed by atoms with Crippen molar-refractivity contribution in [3.63, 3.8) is 0 Å². The van der Waals surface area contributed by atoms with E-state index in [1.54, 1.807) is 12.1 Å². The summed E-state index contributed by atoms with van der Waals surface area (Å²) in [5, 5.41) is 7.00. The van der Waals surface area contributed by atoms with E-state index < -0.39 is 0 Å². The number of rotatable bonds is 5. The molecule has 18 heavy (non-hydrogen) atoms. The molecule has 2 aromatic rings. The molecule has 5 heteroatoms. The quantitative estimate of drug-likeness (QED) is 0.884. The van der Waals surface area contributed by atoms with Crippen molar-refractivity contribution in [3.8, 4) is 11.4 Å². The molecule has 1 atom stereocenters. The molecule has 0 radical (unpaired) electrons. The molecular formula is C13H16FN3O. The fourth-order valence-electron chi connectivity index (χ4n) is 1.59. The van der Waals surface area contributed by atoms with Gasteiger partial charge >= 0.3 is 0 Å². The Hall–Kier alpha value is -1.75. The Kier molecular flexibility index (Phi) is 4.04. The minimum absolute atomic E-state index is 0.303. The SMILES string of the molecule is CNC(C)CCc1nc(-c2cccc(F)c2)no1. The Morgan fingerprint density at radius 3 is 3.00 bits per heavy atom. The number of nitrogens with zero attached hydrogens (tertiary/aromatic N) is 2. The molecule has 2 rings (SSSR count). The van der Waals surface area contributed by atoms with Gasteiger partial charge in [0.1, 0.15) is 5.82 Å². The summed E-state index contributed by atoms with van der Waals surface area (Å²) in [5.74, 6) is 0.709. The molecule has 0 aliphatic heterocycles. The van der Waals surface area contributed by atoms with E-state index in [4.69, 9.17) is 4.52 Å². The van der Waals surface area contributed by atoms with Gasteiger partial charge in [-0.05, 0) is 32.5 Å². The first-order valence-corrected chi connectivity index (χ1v) is 5.95. The number of aryl methyl sites for hydroxylation is 1. The maximum Gasteiger partial charge on any atom is 0.227 e. The zero-order valence-electron chi connectivity index (χ0n) is 10.5. The lowest BCUT2D eigenvalue weighted by molar-refractivity contribution is 0.369.